The molecule has 1 aromatic carbocycles. The Morgan fingerprint density at radius 2 is 2.17 bits per heavy atom. The fourth-order valence-corrected chi connectivity index (χ4v) is 1.34. The molecule has 0 aliphatic carbocycles. The maximum atomic E-state index is 12.0. The summed E-state index contributed by atoms with van der Waals surface area (Å²) in [6, 6.07) is 9.51. The first-order chi connectivity index (χ1) is 8.57. The lowest BCUT2D eigenvalue weighted by atomic mass is 9.98. The smallest absolute Gasteiger partial charge is 0.123 e. The van der Waals surface area contributed by atoms with Gasteiger partial charge in [-0.15, -0.1) is 0 Å². The summed E-state index contributed by atoms with van der Waals surface area (Å²) in [4.78, 5) is 0. The van der Waals surface area contributed by atoms with Gasteiger partial charge in [-0.05, 0) is 31.5 Å². The highest BCUT2D eigenvalue weighted by Crippen LogP contribution is 2.17. The van der Waals surface area contributed by atoms with E-state index in [2.05, 4.69) is 6.07 Å². The lowest BCUT2D eigenvalue weighted by Gasteiger charge is -2.15. The summed E-state index contributed by atoms with van der Waals surface area (Å²) >= 11 is 0. The second-order valence-corrected chi connectivity index (χ2v) is 4.67. The Balaban J connectivity index is 2.45. The van der Waals surface area contributed by atoms with E-state index in [0.29, 0.717) is 19.0 Å². The van der Waals surface area contributed by atoms with Gasteiger partial charge in [0.2, 0.25) is 0 Å². The molecule has 0 bridgehead atoms. The average Bonchev–Trinajstić information content (AvgIpc) is 2.37. The lowest BCUT2D eigenvalue weighted by Crippen LogP contribution is -2.16. The zero-order valence-electron chi connectivity index (χ0n) is 10.8. The van der Waals surface area contributed by atoms with Gasteiger partial charge in [0.05, 0.1) is 24.7 Å². The molecule has 0 aliphatic rings. The van der Waals surface area contributed by atoms with Crippen LogP contribution in [0.2, 0.25) is 0 Å². The van der Waals surface area contributed by atoms with Crippen molar-refractivity contribution in [1.29, 1.82) is 5.26 Å². The molecule has 0 radical (unpaired) electrons. The Morgan fingerprint density at radius 1 is 1.39 bits per heavy atom. The van der Waals surface area contributed by atoms with E-state index >= 15 is 0 Å². The van der Waals surface area contributed by atoms with E-state index < -0.39 is 12.1 Å². The summed E-state index contributed by atoms with van der Waals surface area (Å²) < 4.78 is 22.6. The zero-order chi connectivity index (χ0) is 13.4. The van der Waals surface area contributed by atoms with E-state index in [0.717, 1.165) is 5.56 Å². The number of alkyl halides is 1. The molecule has 1 rings (SSSR count). The van der Waals surface area contributed by atoms with Crippen LogP contribution >= 0.6 is 0 Å². The quantitative estimate of drug-likeness (QED) is 0.747. The Kier molecular flexibility index (Phi) is 5.60. The van der Waals surface area contributed by atoms with Crippen molar-refractivity contribution in [2.75, 3.05) is 19.9 Å². The Bertz CT molecular complexity index is 413. The van der Waals surface area contributed by atoms with Crippen LogP contribution in [0.4, 0.5) is 4.39 Å². The number of benzene rings is 1. The van der Waals surface area contributed by atoms with Crippen molar-refractivity contribution in [3.05, 3.63) is 29.8 Å². The first kappa shape index (κ1) is 14.5. The minimum atomic E-state index is -0.503. The van der Waals surface area contributed by atoms with Gasteiger partial charge in [0.1, 0.15) is 19.0 Å². The van der Waals surface area contributed by atoms with Crippen molar-refractivity contribution in [2.24, 2.45) is 5.41 Å². The molecule has 98 valence electrons. The molecule has 0 N–H and O–H groups in total. The van der Waals surface area contributed by atoms with Crippen LogP contribution in [0.5, 0.6) is 5.75 Å². The van der Waals surface area contributed by atoms with Gasteiger partial charge in [-0.3, -0.25) is 0 Å². The predicted molar refractivity (Wildman–Crippen MR) is 67.0 cm³/mol. The third-order valence-corrected chi connectivity index (χ3v) is 2.28. The van der Waals surface area contributed by atoms with Gasteiger partial charge in [-0.1, -0.05) is 12.1 Å². The summed E-state index contributed by atoms with van der Waals surface area (Å²) in [5.41, 5.74) is 0.461. The molecule has 1 aromatic rings. The molecular weight excluding hydrogens is 233 g/mol. The van der Waals surface area contributed by atoms with E-state index in [1.165, 1.54) is 0 Å². The molecule has 0 unspecified atom stereocenters. The molecule has 0 atom stereocenters. The van der Waals surface area contributed by atoms with Crippen LogP contribution in [-0.2, 0) is 11.3 Å². The Hall–Kier alpha value is -1.60. The van der Waals surface area contributed by atoms with E-state index in [1.54, 1.807) is 6.07 Å². The van der Waals surface area contributed by atoms with Gasteiger partial charge in [0, 0.05) is 0 Å². The van der Waals surface area contributed by atoms with Crippen LogP contribution in [0.1, 0.15) is 19.4 Å². The maximum Gasteiger partial charge on any atom is 0.123 e. The Morgan fingerprint density at radius 3 is 2.83 bits per heavy atom. The summed E-state index contributed by atoms with van der Waals surface area (Å²) in [6.07, 6.45) is 0. The summed E-state index contributed by atoms with van der Waals surface area (Å²) in [7, 11) is 0. The molecular formula is C14H18FNO2. The third-order valence-electron chi connectivity index (χ3n) is 2.28. The molecule has 0 spiro atoms. The standard InChI is InChI=1S/C14H18FNO2/c1-14(2,10-16)11-17-9-12-4-3-5-13(8-12)18-7-6-15/h3-5,8H,6-7,9,11H2,1-2H3. The Labute approximate surface area is 107 Å². The number of hydrogen-bond donors (Lipinski definition) is 0. The predicted octanol–water partition coefficient (Wildman–Crippen LogP) is 3.10. The average molecular weight is 251 g/mol. The van der Waals surface area contributed by atoms with Gasteiger partial charge in [-0.2, -0.15) is 5.26 Å². The van der Waals surface area contributed by atoms with Crippen molar-refractivity contribution in [1.82, 2.24) is 0 Å². The van der Waals surface area contributed by atoms with Crippen LogP contribution in [0.15, 0.2) is 24.3 Å². The number of ether oxygens (including phenoxy) is 2. The van der Waals surface area contributed by atoms with Crippen molar-refractivity contribution in [2.45, 2.75) is 20.5 Å². The highest BCUT2D eigenvalue weighted by Gasteiger charge is 2.16. The normalized spacial score (nSPS) is 11.0. The van der Waals surface area contributed by atoms with Gasteiger partial charge in [0.15, 0.2) is 0 Å². The highest BCUT2D eigenvalue weighted by molar-refractivity contribution is 5.28. The van der Waals surface area contributed by atoms with Gasteiger partial charge in [0.25, 0.3) is 0 Å². The second kappa shape index (κ2) is 6.97. The van der Waals surface area contributed by atoms with Crippen LogP contribution in [0, 0.1) is 16.7 Å². The summed E-state index contributed by atoms with van der Waals surface area (Å²) in [5, 5.41) is 8.85. The van der Waals surface area contributed by atoms with Crippen LogP contribution in [-0.4, -0.2) is 19.9 Å². The van der Waals surface area contributed by atoms with Crippen LogP contribution in [0.25, 0.3) is 0 Å². The lowest BCUT2D eigenvalue weighted by molar-refractivity contribution is 0.0744. The fourth-order valence-electron chi connectivity index (χ4n) is 1.34. The van der Waals surface area contributed by atoms with Crippen molar-refractivity contribution < 1.29 is 13.9 Å². The second-order valence-electron chi connectivity index (χ2n) is 4.67. The van der Waals surface area contributed by atoms with E-state index in [4.69, 9.17) is 14.7 Å². The molecule has 0 saturated heterocycles. The molecule has 0 fully saturated rings. The molecule has 0 amide bonds. The fraction of sp³-hybridized carbons (Fsp3) is 0.500. The first-order valence-electron chi connectivity index (χ1n) is 5.84. The molecule has 0 saturated carbocycles. The number of rotatable bonds is 7. The largest absolute Gasteiger partial charge is 0.491 e. The number of hydrogen-bond acceptors (Lipinski definition) is 3. The van der Waals surface area contributed by atoms with E-state index in [9.17, 15) is 4.39 Å². The molecule has 0 aromatic heterocycles. The summed E-state index contributed by atoms with van der Waals surface area (Å²) in [5.74, 6) is 0.633. The topological polar surface area (TPSA) is 42.2 Å². The molecule has 18 heavy (non-hydrogen) atoms. The number of nitrogens with zero attached hydrogens (tertiary/aromatic N) is 1. The molecule has 0 heterocycles. The van der Waals surface area contributed by atoms with Crippen LogP contribution < -0.4 is 4.74 Å². The molecule has 0 aliphatic heterocycles. The van der Waals surface area contributed by atoms with Gasteiger partial charge < -0.3 is 9.47 Å². The molecule has 3 nitrogen and oxygen atoms in total. The number of halogens is 1. The highest BCUT2D eigenvalue weighted by atomic mass is 19.1. The minimum absolute atomic E-state index is 0.0613. The monoisotopic (exact) mass is 251 g/mol. The van der Waals surface area contributed by atoms with Crippen molar-refractivity contribution in [3.63, 3.8) is 0 Å². The zero-order valence-corrected chi connectivity index (χ0v) is 10.8. The maximum absolute atomic E-state index is 12.0. The minimum Gasteiger partial charge on any atom is -0.491 e. The van der Waals surface area contributed by atoms with Gasteiger partial charge in [-0.25, -0.2) is 4.39 Å². The first-order valence-corrected chi connectivity index (χ1v) is 5.84. The third kappa shape index (κ3) is 5.15. The number of nitriles is 1. The van der Waals surface area contributed by atoms with E-state index in [1.807, 2.05) is 32.0 Å². The van der Waals surface area contributed by atoms with Crippen LogP contribution in [0.3, 0.4) is 0 Å². The van der Waals surface area contributed by atoms with E-state index in [-0.39, 0.29) is 6.61 Å². The van der Waals surface area contributed by atoms with Crippen molar-refractivity contribution in [3.8, 4) is 11.8 Å². The summed E-state index contributed by atoms with van der Waals surface area (Å²) in [6.45, 7) is 4.00. The van der Waals surface area contributed by atoms with Gasteiger partial charge >= 0.3 is 0 Å². The van der Waals surface area contributed by atoms with Crippen molar-refractivity contribution >= 4 is 0 Å². The SMILES string of the molecule is CC(C)(C#N)COCc1cccc(OCCF)c1. The molecule has 4 heteroatoms.